The van der Waals surface area contributed by atoms with Crippen molar-refractivity contribution in [1.29, 1.82) is 0 Å². The zero-order valence-electron chi connectivity index (χ0n) is 19.7. The highest BCUT2D eigenvalue weighted by molar-refractivity contribution is 5.90. The fourth-order valence-electron chi connectivity index (χ4n) is 4.90. The van der Waals surface area contributed by atoms with Gasteiger partial charge in [-0.25, -0.2) is 13.9 Å². The Morgan fingerprint density at radius 1 is 1.11 bits per heavy atom. The van der Waals surface area contributed by atoms with Crippen molar-refractivity contribution in [2.24, 2.45) is 5.92 Å². The van der Waals surface area contributed by atoms with E-state index in [-0.39, 0.29) is 36.7 Å². The van der Waals surface area contributed by atoms with Crippen LogP contribution in [-0.4, -0.2) is 39.5 Å². The predicted molar refractivity (Wildman–Crippen MR) is 139 cm³/mol. The number of amides is 1. The van der Waals surface area contributed by atoms with Crippen molar-refractivity contribution >= 4 is 42.4 Å². The third-order valence-corrected chi connectivity index (χ3v) is 6.63. The van der Waals surface area contributed by atoms with Crippen molar-refractivity contribution in [2.75, 3.05) is 23.3 Å². The molecule has 7 nitrogen and oxygen atoms in total. The highest BCUT2D eigenvalue weighted by atomic mass is 35.5. The number of carbonyl (C=O) groups excluding carboxylic acids is 1. The van der Waals surface area contributed by atoms with Gasteiger partial charge in [0.05, 0.1) is 12.2 Å². The molecule has 0 unspecified atom stereocenters. The molecular formula is C25H30Cl2FN5O2. The first-order chi connectivity index (χ1) is 15.9. The molecule has 1 aromatic carbocycles. The van der Waals surface area contributed by atoms with E-state index in [1.54, 1.807) is 34.0 Å². The van der Waals surface area contributed by atoms with Gasteiger partial charge in [-0.1, -0.05) is 12.1 Å². The zero-order valence-corrected chi connectivity index (χ0v) is 21.4. The Bertz CT molecular complexity index is 1160. The summed E-state index contributed by atoms with van der Waals surface area (Å²) in [5.41, 5.74) is 2.66. The smallest absolute Gasteiger partial charge is 0.415 e. The number of anilines is 2. The lowest BCUT2D eigenvalue weighted by atomic mass is 9.78. The number of nitrogens with zero attached hydrogens (tertiary/aromatic N) is 4. The maximum Gasteiger partial charge on any atom is 0.415 e. The Hall–Kier alpha value is -2.84. The number of nitrogens with one attached hydrogen (secondary N) is 1. The van der Waals surface area contributed by atoms with Gasteiger partial charge in [-0.05, 0) is 69.7 Å². The number of carbonyl (C=O) groups is 1. The Morgan fingerprint density at radius 2 is 1.80 bits per heavy atom. The molecular weight excluding hydrogens is 492 g/mol. The number of hydrogen-bond acceptors (Lipinski definition) is 5. The molecule has 0 bridgehead atoms. The molecule has 10 heteroatoms. The summed E-state index contributed by atoms with van der Waals surface area (Å²) >= 11 is 0. The van der Waals surface area contributed by atoms with Gasteiger partial charge in [0.15, 0.2) is 0 Å². The molecule has 1 N–H and O–H groups in total. The van der Waals surface area contributed by atoms with E-state index in [0.717, 1.165) is 55.1 Å². The predicted octanol–water partition coefficient (Wildman–Crippen LogP) is 5.86. The molecule has 0 atom stereocenters. The van der Waals surface area contributed by atoms with Crippen LogP contribution in [0.4, 0.5) is 20.7 Å². The van der Waals surface area contributed by atoms with Crippen molar-refractivity contribution in [3.8, 4) is 5.69 Å². The number of hydrogen-bond donors (Lipinski definition) is 1. The Kier molecular flexibility index (Phi) is 8.28. The van der Waals surface area contributed by atoms with E-state index in [1.165, 1.54) is 6.07 Å². The second-order valence-electron chi connectivity index (χ2n) is 9.17. The number of aromatic nitrogens is 3. The second kappa shape index (κ2) is 10.8. The highest BCUT2D eigenvalue weighted by Gasteiger charge is 2.47. The topological polar surface area (TPSA) is 72.3 Å². The van der Waals surface area contributed by atoms with E-state index in [0.29, 0.717) is 18.2 Å². The van der Waals surface area contributed by atoms with Crippen LogP contribution in [0.2, 0.25) is 0 Å². The minimum atomic E-state index is -0.412. The van der Waals surface area contributed by atoms with Crippen LogP contribution in [0.5, 0.6) is 0 Å². The van der Waals surface area contributed by atoms with Crippen molar-refractivity contribution in [3.05, 3.63) is 65.9 Å². The highest BCUT2D eigenvalue weighted by Crippen LogP contribution is 2.41. The number of ether oxygens (including phenoxy) is 1. The summed E-state index contributed by atoms with van der Waals surface area (Å²) in [5, 5.41) is 7.83. The van der Waals surface area contributed by atoms with E-state index in [1.807, 2.05) is 32.0 Å². The first-order valence-corrected chi connectivity index (χ1v) is 11.4. The summed E-state index contributed by atoms with van der Waals surface area (Å²) in [6.07, 6.45) is 5.11. The Labute approximate surface area is 216 Å². The molecule has 3 heterocycles. The standard InChI is InChI=1S/C25H28FN5O2.2ClH/c1-17-13-20(14-18(2)28-17)30-16-25(33-24(30)32)10-7-19(8-11-25)15-27-23-9-12-31(29-23)22-6-4-3-5-21(22)26;;/h3-6,9,12-14,19H,7-8,10-11,15-16H2,1-2H3,(H,27,29);2*1H. The van der Waals surface area contributed by atoms with Crippen LogP contribution in [0.15, 0.2) is 48.7 Å². The van der Waals surface area contributed by atoms with Crippen molar-refractivity contribution < 1.29 is 13.9 Å². The van der Waals surface area contributed by atoms with Crippen molar-refractivity contribution in [1.82, 2.24) is 14.8 Å². The number of pyridine rings is 1. The summed E-state index contributed by atoms with van der Waals surface area (Å²) in [6, 6.07) is 12.3. The van der Waals surface area contributed by atoms with Crippen LogP contribution >= 0.6 is 24.8 Å². The van der Waals surface area contributed by atoms with Gasteiger partial charge in [-0.15, -0.1) is 24.8 Å². The second-order valence-corrected chi connectivity index (χ2v) is 9.17. The third kappa shape index (κ3) is 5.70. The number of benzene rings is 1. The number of para-hydroxylation sites is 1. The summed E-state index contributed by atoms with van der Waals surface area (Å²) in [7, 11) is 0. The van der Waals surface area contributed by atoms with E-state index >= 15 is 0 Å². The molecule has 1 saturated heterocycles. The zero-order chi connectivity index (χ0) is 23.0. The molecule has 35 heavy (non-hydrogen) atoms. The lowest BCUT2D eigenvalue weighted by Crippen LogP contribution is -2.39. The molecule has 1 aliphatic carbocycles. The maximum atomic E-state index is 14.0. The Morgan fingerprint density at radius 3 is 2.49 bits per heavy atom. The fraction of sp³-hybridized carbons (Fsp3) is 0.400. The van der Waals surface area contributed by atoms with E-state index in [9.17, 15) is 9.18 Å². The van der Waals surface area contributed by atoms with Crippen LogP contribution < -0.4 is 10.2 Å². The van der Waals surface area contributed by atoms with Crippen LogP contribution in [0.25, 0.3) is 5.69 Å². The molecule has 188 valence electrons. The molecule has 1 saturated carbocycles. The molecule has 2 aromatic heterocycles. The largest absolute Gasteiger partial charge is 0.441 e. The summed E-state index contributed by atoms with van der Waals surface area (Å²) in [4.78, 5) is 18.8. The van der Waals surface area contributed by atoms with Gasteiger partial charge in [-0.2, -0.15) is 5.10 Å². The minimum absolute atomic E-state index is 0. The maximum absolute atomic E-state index is 14.0. The van der Waals surface area contributed by atoms with Crippen LogP contribution in [0.1, 0.15) is 37.1 Å². The average molecular weight is 522 g/mol. The van der Waals surface area contributed by atoms with Crippen molar-refractivity contribution in [3.63, 3.8) is 0 Å². The average Bonchev–Trinajstić information content (AvgIpc) is 3.38. The lowest BCUT2D eigenvalue weighted by Gasteiger charge is -2.35. The quantitative estimate of drug-likeness (QED) is 0.454. The molecule has 2 aliphatic rings. The first-order valence-electron chi connectivity index (χ1n) is 11.4. The van der Waals surface area contributed by atoms with E-state index < -0.39 is 5.60 Å². The minimum Gasteiger partial charge on any atom is -0.441 e. The molecule has 0 radical (unpaired) electrons. The van der Waals surface area contributed by atoms with Gasteiger partial charge in [0.25, 0.3) is 0 Å². The normalized spacial score (nSPS) is 21.3. The van der Waals surface area contributed by atoms with Crippen LogP contribution in [0.3, 0.4) is 0 Å². The van der Waals surface area contributed by atoms with Gasteiger partial charge in [0.1, 0.15) is 22.9 Å². The molecule has 2 fully saturated rings. The SMILES string of the molecule is Cc1cc(N2CC3(CCC(CNc4ccn(-c5ccccc5F)n4)CC3)OC2=O)cc(C)n1.Cl.Cl. The van der Waals surface area contributed by atoms with E-state index in [4.69, 9.17) is 4.74 Å². The first kappa shape index (κ1) is 26.8. The van der Waals surface area contributed by atoms with Crippen LogP contribution in [-0.2, 0) is 4.74 Å². The van der Waals surface area contributed by atoms with Gasteiger partial charge in [-0.3, -0.25) is 9.88 Å². The molecule has 3 aromatic rings. The molecule has 5 rings (SSSR count). The third-order valence-electron chi connectivity index (χ3n) is 6.63. The Balaban J connectivity index is 0.00000171. The fourth-order valence-corrected chi connectivity index (χ4v) is 4.90. The van der Waals surface area contributed by atoms with Gasteiger partial charge in [0.2, 0.25) is 0 Å². The number of rotatable bonds is 5. The molecule has 1 aliphatic heterocycles. The van der Waals surface area contributed by atoms with Gasteiger partial charge in [0, 0.05) is 30.2 Å². The van der Waals surface area contributed by atoms with Crippen LogP contribution in [0, 0.1) is 25.6 Å². The summed E-state index contributed by atoms with van der Waals surface area (Å²) in [6.45, 7) is 5.24. The summed E-state index contributed by atoms with van der Waals surface area (Å²) in [5.74, 6) is 0.884. The van der Waals surface area contributed by atoms with E-state index in [2.05, 4.69) is 15.4 Å². The molecule has 1 amide bonds. The van der Waals surface area contributed by atoms with Crippen molar-refractivity contribution in [2.45, 2.75) is 45.1 Å². The van der Waals surface area contributed by atoms with Gasteiger partial charge < -0.3 is 10.1 Å². The summed E-state index contributed by atoms with van der Waals surface area (Å²) < 4.78 is 21.4. The molecule has 1 spiro atoms. The number of aryl methyl sites for hydroxylation is 2. The number of halogens is 3. The monoisotopic (exact) mass is 521 g/mol. The lowest BCUT2D eigenvalue weighted by molar-refractivity contribution is 0.0148. The van der Waals surface area contributed by atoms with Gasteiger partial charge >= 0.3 is 6.09 Å².